The van der Waals surface area contributed by atoms with E-state index >= 15 is 0 Å². The second kappa shape index (κ2) is 7.11. The molecule has 3 rings (SSSR count). The molecule has 0 spiro atoms. The number of carboxylic acid groups (broad SMARTS) is 2. The summed E-state index contributed by atoms with van der Waals surface area (Å²) >= 11 is 0.939. The number of aliphatic carboxylic acids is 2. The first-order chi connectivity index (χ1) is 13.4. The Morgan fingerprint density at radius 1 is 1.31 bits per heavy atom. The highest BCUT2D eigenvalue weighted by atomic mass is 32.2. The highest BCUT2D eigenvalue weighted by Crippen LogP contribution is 2.65. The standard InChI is InChI=1S/C16H20F2N4O6S/c1-15(2,3)28-14(27)20-16(12(25)26)4-5(6-7(8(6)16)11(23)24)29-13-19-10(9(17)18)21-22-13/h5-9H,4H2,1-3H3,(H,20,27)(H,23,24)(H,25,26)(H,19,21,22)/t5-,6-,7-,8-,16-/m0/s1. The van der Waals surface area contributed by atoms with Crippen molar-refractivity contribution in [3.8, 4) is 0 Å². The van der Waals surface area contributed by atoms with E-state index in [0.29, 0.717) is 0 Å². The van der Waals surface area contributed by atoms with Gasteiger partial charge in [0, 0.05) is 11.2 Å². The molecule has 2 aliphatic rings. The average Bonchev–Trinajstić information content (AvgIpc) is 3.01. The van der Waals surface area contributed by atoms with Crippen LogP contribution < -0.4 is 5.32 Å². The van der Waals surface area contributed by atoms with Gasteiger partial charge >= 0.3 is 18.0 Å². The van der Waals surface area contributed by atoms with E-state index in [1.54, 1.807) is 20.8 Å². The minimum absolute atomic E-state index is 0.0264. The van der Waals surface area contributed by atoms with Gasteiger partial charge in [-0.3, -0.25) is 4.79 Å². The lowest BCUT2D eigenvalue weighted by Gasteiger charge is -2.31. The van der Waals surface area contributed by atoms with Crippen molar-refractivity contribution in [2.24, 2.45) is 17.8 Å². The molecule has 2 saturated carbocycles. The lowest BCUT2D eigenvalue weighted by atomic mass is 9.90. The van der Waals surface area contributed by atoms with E-state index in [4.69, 9.17) is 4.74 Å². The number of halogens is 2. The molecule has 160 valence electrons. The first-order valence-corrected chi connectivity index (χ1v) is 9.58. The van der Waals surface area contributed by atoms with Gasteiger partial charge in [0.15, 0.2) is 11.0 Å². The van der Waals surface area contributed by atoms with Crippen molar-refractivity contribution < 1.29 is 38.1 Å². The fourth-order valence-electron chi connectivity index (χ4n) is 3.92. The number of alkyl carbamates (subject to hydrolysis) is 1. The van der Waals surface area contributed by atoms with E-state index in [9.17, 15) is 33.4 Å². The molecule has 1 amide bonds. The van der Waals surface area contributed by atoms with Crippen LogP contribution in [0.2, 0.25) is 0 Å². The molecular formula is C16H20F2N4O6S. The Morgan fingerprint density at radius 2 is 1.97 bits per heavy atom. The molecular weight excluding hydrogens is 414 g/mol. The normalized spacial score (nSPS) is 30.7. The molecule has 4 N–H and O–H groups in total. The van der Waals surface area contributed by atoms with Crippen LogP contribution in [-0.2, 0) is 14.3 Å². The van der Waals surface area contributed by atoms with Crippen molar-refractivity contribution in [3.63, 3.8) is 0 Å². The Kier molecular flexibility index (Phi) is 5.22. The predicted octanol–water partition coefficient (Wildman–Crippen LogP) is 1.90. The highest BCUT2D eigenvalue weighted by molar-refractivity contribution is 7.99. The summed E-state index contributed by atoms with van der Waals surface area (Å²) in [4.78, 5) is 38.3. The number of fused-ring (bicyclic) bond motifs is 1. The number of amides is 1. The molecule has 0 bridgehead atoms. The first kappa shape index (κ1) is 21.3. The molecule has 0 unspecified atom stereocenters. The molecule has 5 atom stereocenters. The van der Waals surface area contributed by atoms with Crippen LogP contribution in [0.4, 0.5) is 13.6 Å². The molecule has 10 nitrogen and oxygen atoms in total. The Morgan fingerprint density at radius 3 is 2.45 bits per heavy atom. The van der Waals surface area contributed by atoms with Gasteiger partial charge in [0.2, 0.25) is 0 Å². The smallest absolute Gasteiger partial charge is 0.408 e. The molecule has 0 aromatic carbocycles. The molecule has 13 heteroatoms. The number of hydrogen-bond donors (Lipinski definition) is 4. The number of hydrogen-bond acceptors (Lipinski definition) is 7. The van der Waals surface area contributed by atoms with Crippen LogP contribution in [-0.4, -0.2) is 59.8 Å². The third-order valence-corrected chi connectivity index (χ3v) is 6.13. The molecule has 2 fully saturated rings. The number of ether oxygens (including phenoxy) is 1. The first-order valence-electron chi connectivity index (χ1n) is 8.70. The van der Waals surface area contributed by atoms with Crippen molar-refractivity contribution in [1.82, 2.24) is 20.5 Å². The summed E-state index contributed by atoms with van der Waals surface area (Å²) in [6.07, 6.45) is -3.94. The summed E-state index contributed by atoms with van der Waals surface area (Å²) in [7, 11) is 0. The molecule has 2 aliphatic carbocycles. The third-order valence-electron chi connectivity index (χ3n) is 4.94. The van der Waals surface area contributed by atoms with Crippen LogP contribution in [0.3, 0.4) is 0 Å². The van der Waals surface area contributed by atoms with Crippen LogP contribution >= 0.6 is 11.8 Å². The number of carbonyl (C=O) groups is 3. The number of carboxylic acids is 2. The van der Waals surface area contributed by atoms with Gasteiger partial charge in [-0.1, -0.05) is 11.8 Å². The molecule has 0 saturated heterocycles. The Bertz CT molecular complexity index is 844. The average molecular weight is 434 g/mol. The fourth-order valence-corrected chi connectivity index (χ4v) is 5.30. The van der Waals surface area contributed by atoms with Crippen LogP contribution in [0.5, 0.6) is 0 Å². The zero-order valence-electron chi connectivity index (χ0n) is 15.7. The molecule has 29 heavy (non-hydrogen) atoms. The van der Waals surface area contributed by atoms with Crippen LogP contribution in [0.25, 0.3) is 0 Å². The number of alkyl halides is 2. The topological polar surface area (TPSA) is 154 Å². The summed E-state index contributed by atoms with van der Waals surface area (Å²) in [5.41, 5.74) is -2.73. The SMILES string of the molecule is CC(C)(C)OC(=O)N[C@@]1(C(=O)O)C[C@H](Sc2nnc(C(F)F)[nH]2)[C@H]2[C@H](C(=O)O)[C@H]21. The van der Waals surface area contributed by atoms with Gasteiger partial charge in [0.1, 0.15) is 11.1 Å². The van der Waals surface area contributed by atoms with Gasteiger partial charge in [0.05, 0.1) is 5.92 Å². The van der Waals surface area contributed by atoms with Gasteiger partial charge < -0.3 is 25.3 Å². The maximum absolute atomic E-state index is 12.7. The lowest BCUT2D eigenvalue weighted by Crippen LogP contribution is -2.57. The Labute approximate surface area is 167 Å². The predicted molar refractivity (Wildman–Crippen MR) is 93.4 cm³/mol. The molecule has 1 heterocycles. The van der Waals surface area contributed by atoms with Gasteiger partial charge in [0.25, 0.3) is 6.43 Å². The van der Waals surface area contributed by atoms with Crippen LogP contribution in [0, 0.1) is 17.8 Å². The maximum Gasteiger partial charge on any atom is 0.408 e. The second-order valence-corrected chi connectivity index (χ2v) is 9.27. The van der Waals surface area contributed by atoms with Gasteiger partial charge in [-0.05, 0) is 33.1 Å². The summed E-state index contributed by atoms with van der Waals surface area (Å²) in [6.45, 7) is 4.83. The summed E-state index contributed by atoms with van der Waals surface area (Å²) in [5, 5.41) is 28.0. The minimum Gasteiger partial charge on any atom is -0.481 e. The van der Waals surface area contributed by atoms with Crippen molar-refractivity contribution in [2.45, 2.75) is 55.2 Å². The lowest BCUT2D eigenvalue weighted by molar-refractivity contribution is -0.147. The second-order valence-electron chi connectivity index (χ2n) is 8.05. The number of nitrogens with zero attached hydrogens (tertiary/aromatic N) is 2. The summed E-state index contributed by atoms with van der Waals surface area (Å²) in [5.74, 6) is -5.64. The number of H-pyrrole nitrogens is 1. The number of thioether (sulfide) groups is 1. The zero-order chi connectivity index (χ0) is 21.7. The van der Waals surface area contributed by atoms with Crippen LogP contribution in [0.15, 0.2) is 5.16 Å². The fraction of sp³-hybridized carbons (Fsp3) is 0.688. The number of carbonyl (C=O) groups excluding carboxylic acids is 1. The Hall–Kier alpha value is -2.44. The number of aromatic nitrogens is 3. The third kappa shape index (κ3) is 4.00. The highest BCUT2D eigenvalue weighted by Gasteiger charge is 2.76. The number of nitrogens with one attached hydrogen (secondary N) is 2. The quantitative estimate of drug-likeness (QED) is 0.525. The van der Waals surface area contributed by atoms with Gasteiger partial charge in [-0.15, -0.1) is 10.2 Å². The largest absolute Gasteiger partial charge is 0.481 e. The molecule has 0 aliphatic heterocycles. The van der Waals surface area contributed by atoms with E-state index in [-0.39, 0.29) is 11.6 Å². The van der Waals surface area contributed by atoms with E-state index < -0.39 is 64.4 Å². The summed E-state index contributed by atoms with van der Waals surface area (Å²) < 4.78 is 30.5. The number of aromatic amines is 1. The van der Waals surface area contributed by atoms with Crippen molar-refractivity contribution in [2.75, 3.05) is 0 Å². The maximum atomic E-state index is 12.7. The van der Waals surface area contributed by atoms with Crippen molar-refractivity contribution >= 4 is 29.8 Å². The Balaban J connectivity index is 1.84. The van der Waals surface area contributed by atoms with Crippen LogP contribution in [0.1, 0.15) is 39.4 Å². The van der Waals surface area contributed by atoms with E-state index in [1.165, 1.54) is 0 Å². The summed E-state index contributed by atoms with van der Waals surface area (Å²) in [6, 6.07) is 0. The minimum atomic E-state index is -2.85. The van der Waals surface area contributed by atoms with Gasteiger partial charge in [-0.2, -0.15) is 0 Å². The van der Waals surface area contributed by atoms with E-state index in [2.05, 4.69) is 20.5 Å². The monoisotopic (exact) mass is 434 g/mol. The molecule has 0 radical (unpaired) electrons. The molecule has 1 aromatic rings. The zero-order valence-corrected chi connectivity index (χ0v) is 16.5. The van der Waals surface area contributed by atoms with Crippen molar-refractivity contribution in [1.29, 1.82) is 0 Å². The van der Waals surface area contributed by atoms with E-state index in [0.717, 1.165) is 11.8 Å². The molecule has 1 aromatic heterocycles. The van der Waals surface area contributed by atoms with Crippen molar-refractivity contribution in [3.05, 3.63) is 5.82 Å². The van der Waals surface area contributed by atoms with E-state index in [1.807, 2.05) is 0 Å². The number of rotatable bonds is 6. The van der Waals surface area contributed by atoms with Gasteiger partial charge in [-0.25, -0.2) is 18.4 Å².